The zero-order chi connectivity index (χ0) is 20.5. The van der Waals surface area contributed by atoms with Gasteiger partial charge in [0.15, 0.2) is 19.0 Å². The number of rotatable bonds is 9. The minimum Gasteiger partial charge on any atom is -0.475 e. The van der Waals surface area contributed by atoms with Gasteiger partial charge in [0.25, 0.3) is 5.91 Å². The molecule has 28 heavy (non-hydrogen) atoms. The van der Waals surface area contributed by atoms with Gasteiger partial charge in [-0.1, -0.05) is 44.2 Å². The molecule has 0 aromatic heterocycles. The second-order valence-corrected chi connectivity index (χ2v) is 6.12. The Morgan fingerprint density at radius 1 is 1.11 bits per heavy atom. The SMILES string of the molecule is CC[C@H](C)c1ccccc1NC(=O)COC(=O)COc1ccccc1[N+](=O)[O-]. The molecule has 0 unspecified atom stereocenters. The van der Waals surface area contributed by atoms with Gasteiger partial charge < -0.3 is 14.8 Å². The van der Waals surface area contributed by atoms with Crippen LogP contribution in [0.2, 0.25) is 0 Å². The molecule has 148 valence electrons. The van der Waals surface area contributed by atoms with Gasteiger partial charge in [-0.25, -0.2) is 4.79 Å². The van der Waals surface area contributed by atoms with Gasteiger partial charge in [0.05, 0.1) is 4.92 Å². The van der Waals surface area contributed by atoms with E-state index in [0.29, 0.717) is 5.69 Å². The van der Waals surface area contributed by atoms with Gasteiger partial charge in [-0.15, -0.1) is 0 Å². The Hall–Kier alpha value is -3.42. The number of nitrogens with zero attached hydrogens (tertiary/aromatic N) is 1. The molecule has 0 spiro atoms. The van der Waals surface area contributed by atoms with E-state index in [-0.39, 0.29) is 17.4 Å². The van der Waals surface area contributed by atoms with E-state index < -0.39 is 30.0 Å². The van der Waals surface area contributed by atoms with Crippen LogP contribution in [0.15, 0.2) is 48.5 Å². The van der Waals surface area contributed by atoms with Gasteiger partial charge >= 0.3 is 11.7 Å². The lowest BCUT2D eigenvalue weighted by atomic mass is 9.97. The first-order valence-corrected chi connectivity index (χ1v) is 8.83. The third kappa shape index (κ3) is 5.80. The van der Waals surface area contributed by atoms with Crippen molar-refractivity contribution in [2.24, 2.45) is 0 Å². The van der Waals surface area contributed by atoms with Crippen LogP contribution in [0.25, 0.3) is 0 Å². The van der Waals surface area contributed by atoms with Crippen molar-refractivity contribution in [1.82, 2.24) is 0 Å². The fourth-order valence-electron chi connectivity index (χ4n) is 2.50. The summed E-state index contributed by atoms with van der Waals surface area (Å²) in [4.78, 5) is 34.2. The molecule has 0 bridgehead atoms. The van der Waals surface area contributed by atoms with Crippen LogP contribution in [-0.4, -0.2) is 30.0 Å². The highest BCUT2D eigenvalue weighted by Gasteiger charge is 2.16. The van der Waals surface area contributed by atoms with Crippen molar-refractivity contribution in [3.8, 4) is 5.75 Å². The van der Waals surface area contributed by atoms with Crippen LogP contribution < -0.4 is 10.1 Å². The Balaban J connectivity index is 1.85. The van der Waals surface area contributed by atoms with Gasteiger partial charge in [-0.2, -0.15) is 0 Å². The second-order valence-electron chi connectivity index (χ2n) is 6.12. The number of amides is 1. The number of para-hydroxylation sites is 3. The summed E-state index contributed by atoms with van der Waals surface area (Å²) in [5, 5.41) is 13.6. The zero-order valence-corrected chi connectivity index (χ0v) is 15.7. The highest BCUT2D eigenvalue weighted by Crippen LogP contribution is 2.27. The van der Waals surface area contributed by atoms with Crippen LogP contribution in [-0.2, 0) is 14.3 Å². The van der Waals surface area contributed by atoms with E-state index in [2.05, 4.69) is 19.2 Å². The summed E-state index contributed by atoms with van der Waals surface area (Å²) < 4.78 is 10.0. The van der Waals surface area contributed by atoms with Crippen LogP contribution in [0.3, 0.4) is 0 Å². The van der Waals surface area contributed by atoms with Crippen molar-refractivity contribution in [2.45, 2.75) is 26.2 Å². The molecule has 0 heterocycles. The van der Waals surface area contributed by atoms with Crippen LogP contribution >= 0.6 is 0 Å². The van der Waals surface area contributed by atoms with E-state index in [0.717, 1.165) is 12.0 Å². The van der Waals surface area contributed by atoms with E-state index in [1.54, 1.807) is 12.1 Å². The fraction of sp³-hybridized carbons (Fsp3) is 0.300. The maximum atomic E-state index is 12.1. The van der Waals surface area contributed by atoms with Gasteiger partial charge in [-0.05, 0) is 30.0 Å². The first-order valence-electron chi connectivity index (χ1n) is 8.83. The number of esters is 1. The fourth-order valence-corrected chi connectivity index (χ4v) is 2.50. The Morgan fingerprint density at radius 2 is 1.79 bits per heavy atom. The molecule has 8 heteroatoms. The largest absolute Gasteiger partial charge is 0.475 e. The maximum Gasteiger partial charge on any atom is 0.344 e. The quantitative estimate of drug-likeness (QED) is 0.400. The van der Waals surface area contributed by atoms with E-state index in [1.165, 1.54) is 18.2 Å². The number of hydrogen-bond donors (Lipinski definition) is 1. The summed E-state index contributed by atoms with van der Waals surface area (Å²) in [5.74, 6) is -1.05. The van der Waals surface area contributed by atoms with Gasteiger partial charge in [-0.3, -0.25) is 14.9 Å². The molecule has 2 aromatic rings. The Kier molecular flexibility index (Phi) is 7.50. The zero-order valence-electron chi connectivity index (χ0n) is 15.7. The molecule has 1 atom stereocenters. The van der Waals surface area contributed by atoms with E-state index >= 15 is 0 Å². The molecule has 0 saturated heterocycles. The Morgan fingerprint density at radius 3 is 2.50 bits per heavy atom. The number of ether oxygens (including phenoxy) is 2. The smallest absolute Gasteiger partial charge is 0.344 e. The normalized spacial score (nSPS) is 11.4. The van der Waals surface area contributed by atoms with Crippen LogP contribution in [0, 0.1) is 10.1 Å². The monoisotopic (exact) mass is 386 g/mol. The number of carbonyl (C=O) groups is 2. The molecule has 0 aliphatic carbocycles. The summed E-state index contributed by atoms with van der Waals surface area (Å²) in [6, 6.07) is 13.1. The second kappa shape index (κ2) is 10.1. The minimum absolute atomic E-state index is 0.0450. The van der Waals surface area contributed by atoms with Crippen molar-refractivity contribution >= 4 is 23.3 Å². The average molecular weight is 386 g/mol. The van der Waals surface area contributed by atoms with Crippen molar-refractivity contribution in [3.63, 3.8) is 0 Å². The number of benzene rings is 2. The lowest BCUT2D eigenvalue weighted by Gasteiger charge is -2.15. The molecular weight excluding hydrogens is 364 g/mol. The number of nitro benzene ring substituents is 1. The first kappa shape index (κ1) is 20.9. The van der Waals surface area contributed by atoms with Crippen molar-refractivity contribution < 1.29 is 24.0 Å². The van der Waals surface area contributed by atoms with Gasteiger partial charge in [0.1, 0.15) is 0 Å². The molecule has 8 nitrogen and oxygen atoms in total. The number of anilines is 1. The molecule has 0 fully saturated rings. The summed E-state index contributed by atoms with van der Waals surface area (Å²) in [6.07, 6.45) is 0.921. The average Bonchev–Trinajstić information content (AvgIpc) is 2.70. The topological polar surface area (TPSA) is 108 Å². The van der Waals surface area contributed by atoms with E-state index in [4.69, 9.17) is 9.47 Å². The minimum atomic E-state index is -0.802. The summed E-state index contributed by atoms with van der Waals surface area (Å²) in [5.41, 5.74) is 1.42. The van der Waals surface area contributed by atoms with Gasteiger partial charge in [0.2, 0.25) is 0 Å². The number of hydrogen-bond acceptors (Lipinski definition) is 6. The molecular formula is C20H22N2O6. The highest BCUT2D eigenvalue weighted by atomic mass is 16.6. The third-order valence-electron chi connectivity index (χ3n) is 4.15. The molecule has 0 aliphatic rings. The number of nitro groups is 1. The summed E-state index contributed by atoms with van der Waals surface area (Å²) in [6.45, 7) is 3.10. The predicted octanol–water partition coefficient (Wildman–Crippen LogP) is 3.67. The number of nitrogens with one attached hydrogen (secondary N) is 1. The standard InChI is InChI=1S/C20H22N2O6/c1-3-14(2)15-8-4-5-9-16(15)21-19(23)12-28-20(24)13-27-18-11-7-6-10-17(18)22(25)26/h4-11,14H,3,12-13H2,1-2H3,(H,21,23)/t14-/m0/s1. The molecule has 0 aliphatic heterocycles. The lowest BCUT2D eigenvalue weighted by molar-refractivity contribution is -0.385. The van der Waals surface area contributed by atoms with E-state index in [9.17, 15) is 19.7 Å². The van der Waals surface area contributed by atoms with Crippen molar-refractivity contribution in [3.05, 3.63) is 64.2 Å². The van der Waals surface area contributed by atoms with Crippen LogP contribution in [0.4, 0.5) is 11.4 Å². The third-order valence-corrected chi connectivity index (χ3v) is 4.15. The Labute approximate surface area is 162 Å². The van der Waals surface area contributed by atoms with Crippen molar-refractivity contribution in [2.75, 3.05) is 18.5 Å². The van der Waals surface area contributed by atoms with Crippen LogP contribution in [0.1, 0.15) is 31.7 Å². The summed E-state index contributed by atoms with van der Waals surface area (Å²) >= 11 is 0. The molecule has 1 N–H and O–H groups in total. The molecule has 2 rings (SSSR count). The number of carbonyl (C=O) groups excluding carboxylic acids is 2. The first-order chi connectivity index (χ1) is 13.4. The maximum absolute atomic E-state index is 12.1. The van der Waals surface area contributed by atoms with Crippen LogP contribution in [0.5, 0.6) is 5.75 Å². The summed E-state index contributed by atoms with van der Waals surface area (Å²) in [7, 11) is 0. The Bertz CT molecular complexity index is 852. The molecule has 1 amide bonds. The molecule has 0 saturated carbocycles. The van der Waals surface area contributed by atoms with E-state index in [1.807, 2.05) is 18.2 Å². The lowest BCUT2D eigenvalue weighted by Crippen LogP contribution is -2.24. The molecule has 0 radical (unpaired) electrons. The highest BCUT2D eigenvalue weighted by molar-refractivity contribution is 5.93. The van der Waals surface area contributed by atoms with Gasteiger partial charge in [0, 0.05) is 11.8 Å². The predicted molar refractivity (Wildman–Crippen MR) is 103 cm³/mol. The molecule has 2 aromatic carbocycles. The van der Waals surface area contributed by atoms with Crippen molar-refractivity contribution in [1.29, 1.82) is 0 Å².